The Labute approximate surface area is 191 Å². The second-order valence-electron chi connectivity index (χ2n) is 7.88. The molecule has 31 heavy (non-hydrogen) atoms. The number of ether oxygens (including phenoxy) is 1. The van der Waals surface area contributed by atoms with Gasteiger partial charge in [-0.05, 0) is 17.7 Å². The quantitative estimate of drug-likeness (QED) is 0.701. The lowest BCUT2D eigenvalue weighted by Crippen LogP contribution is -2.65. The van der Waals surface area contributed by atoms with Crippen molar-refractivity contribution < 1.29 is 14.3 Å². The van der Waals surface area contributed by atoms with Crippen LogP contribution in [0.3, 0.4) is 0 Å². The van der Waals surface area contributed by atoms with E-state index < -0.39 is 18.2 Å². The number of rotatable bonds is 5. The predicted octanol–water partition coefficient (Wildman–Crippen LogP) is 1.31. The Kier molecular flexibility index (Phi) is 6.57. The lowest BCUT2D eigenvalue weighted by Gasteiger charge is -2.40. The molecule has 3 aliphatic rings. The van der Waals surface area contributed by atoms with Crippen LogP contribution >= 0.6 is 23.2 Å². The van der Waals surface area contributed by atoms with Crippen LogP contribution in [0.1, 0.15) is 5.56 Å². The third-order valence-corrected chi connectivity index (χ3v) is 6.53. The van der Waals surface area contributed by atoms with Crippen LogP contribution in [0, 0.1) is 0 Å². The summed E-state index contributed by atoms with van der Waals surface area (Å²) in [5.74, 6) is 0.423. The van der Waals surface area contributed by atoms with Crippen molar-refractivity contribution in [1.29, 1.82) is 0 Å². The van der Waals surface area contributed by atoms with Crippen LogP contribution < -0.4 is 5.32 Å². The van der Waals surface area contributed by atoms with Crippen LogP contribution in [0.25, 0.3) is 0 Å². The number of nitrogens with one attached hydrogen (secondary N) is 1. The van der Waals surface area contributed by atoms with E-state index in [1.165, 1.54) is 4.90 Å². The number of piperazine rings is 1. The van der Waals surface area contributed by atoms with Gasteiger partial charge in [-0.3, -0.25) is 15.0 Å². The van der Waals surface area contributed by atoms with Crippen molar-refractivity contribution in [3.63, 3.8) is 0 Å². The molecular weight excluding hydrogens is 443 g/mol. The second kappa shape index (κ2) is 9.20. The lowest BCUT2D eigenvalue weighted by molar-refractivity contribution is -0.127. The zero-order valence-electron chi connectivity index (χ0n) is 17.6. The van der Waals surface area contributed by atoms with Crippen molar-refractivity contribution in [2.24, 2.45) is 4.99 Å². The van der Waals surface area contributed by atoms with Crippen molar-refractivity contribution in [2.45, 2.75) is 18.8 Å². The summed E-state index contributed by atoms with van der Waals surface area (Å²) in [5, 5.41) is 3.72. The van der Waals surface area contributed by atoms with E-state index in [1.807, 2.05) is 17.0 Å². The molecule has 0 spiro atoms. The van der Waals surface area contributed by atoms with Crippen LogP contribution in [0.15, 0.2) is 23.2 Å². The van der Waals surface area contributed by atoms with Gasteiger partial charge in [0.05, 0.1) is 6.61 Å². The van der Waals surface area contributed by atoms with E-state index >= 15 is 0 Å². The zero-order chi connectivity index (χ0) is 22.1. The molecule has 2 atom stereocenters. The number of benzene rings is 1. The Morgan fingerprint density at radius 1 is 1.19 bits per heavy atom. The molecule has 4 rings (SSSR count). The van der Waals surface area contributed by atoms with E-state index in [4.69, 9.17) is 32.9 Å². The first kappa shape index (κ1) is 22.1. The number of hydrogen-bond acceptors (Lipinski definition) is 7. The molecule has 2 saturated heterocycles. The van der Waals surface area contributed by atoms with Gasteiger partial charge in [0.1, 0.15) is 0 Å². The van der Waals surface area contributed by atoms with Gasteiger partial charge in [-0.15, -0.1) is 0 Å². The average Bonchev–Trinajstić information content (AvgIpc) is 3.13. The highest BCUT2D eigenvalue weighted by Gasteiger charge is 2.49. The van der Waals surface area contributed by atoms with Crippen LogP contribution in [-0.4, -0.2) is 103 Å². The standard InChI is InChI=1S/C20H26Cl2N6O3/c1-25-17-16(18(29)24-20(25)30)28(9-10-31-2)19(23-17)27-7-5-26(6-8-27)12-13-3-4-14(21)11-15(13)22/h3-4,11,16-17H,5-10,12H2,1-2H3,(H,24,29,30). The number of amides is 3. The molecule has 0 bridgehead atoms. The number of nitrogens with zero attached hydrogens (tertiary/aromatic N) is 5. The molecule has 11 heteroatoms. The summed E-state index contributed by atoms with van der Waals surface area (Å²) in [4.78, 5) is 37.4. The third-order valence-electron chi connectivity index (χ3n) is 5.94. The van der Waals surface area contributed by atoms with Crippen molar-refractivity contribution >= 4 is 41.1 Å². The van der Waals surface area contributed by atoms with Crippen molar-refractivity contribution in [3.8, 4) is 0 Å². The number of likely N-dealkylation sites (N-methyl/N-ethyl adjacent to an activating group) is 1. The fourth-order valence-corrected chi connectivity index (χ4v) is 4.67. The molecular formula is C20H26Cl2N6O3. The number of guanidine groups is 1. The summed E-state index contributed by atoms with van der Waals surface area (Å²) >= 11 is 12.3. The normalized spacial score (nSPS) is 24.4. The second-order valence-corrected chi connectivity index (χ2v) is 8.72. The number of halogens is 2. The van der Waals surface area contributed by atoms with E-state index in [0.717, 1.165) is 44.2 Å². The van der Waals surface area contributed by atoms with Crippen molar-refractivity contribution in [2.75, 3.05) is 53.5 Å². The Balaban J connectivity index is 1.45. The summed E-state index contributed by atoms with van der Waals surface area (Å²) in [6.45, 7) is 4.89. The van der Waals surface area contributed by atoms with Gasteiger partial charge in [-0.2, -0.15) is 0 Å². The largest absolute Gasteiger partial charge is 0.383 e. The summed E-state index contributed by atoms with van der Waals surface area (Å²) in [6, 6.07) is 4.61. The molecule has 3 aliphatic heterocycles. The first-order valence-electron chi connectivity index (χ1n) is 10.2. The van der Waals surface area contributed by atoms with E-state index in [9.17, 15) is 9.59 Å². The van der Waals surface area contributed by atoms with Gasteiger partial charge in [-0.25, -0.2) is 9.79 Å². The summed E-state index contributed by atoms with van der Waals surface area (Å²) < 4.78 is 5.25. The minimum atomic E-state index is -0.543. The number of methoxy groups -OCH3 is 1. The predicted molar refractivity (Wildman–Crippen MR) is 118 cm³/mol. The van der Waals surface area contributed by atoms with E-state index in [-0.39, 0.29) is 5.91 Å². The van der Waals surface area contributed by atoms with Gasteiger partial charge in [0.15, 0.2) is 18.2 Å². The third kappa shape index (κ3) is 4.45. The molecule has 0 saturated carbocycles. The van der Waals surface area contributed by atoms with Crippen molar-refractivity contribution in [3.05, 3.63) is 33.8 Å². The van der Waals surface area contributed by atoms with Crippen molar-refractivity contribution in [1.82, 2.24) is 24.9 Å². The topological polar surface area (TPSA) is 80.7 Å². The van der Waals surface area contributed by atoms with Crippen LogP contribution in [0.2, 0.25) is 10.0 Å². The molecule has 1 N–H and O–H groups in total. The Hall–Kier alpha value is -2.07. The molecule has 0 radical (unpaired) electrons. The molecule has 168 valence electrons. The minimum Gasteiger partial charge on any atom is -0.383 e. The molecule has 3 heterocycles. The number of carbonyl (C=O) groups is 2. The molecule has 3 amide bonds. The zero-order valence-corrected chi connectivity index (χ0v) is 19.1. The van der Waals surface area contributed by atoms with Crippen LogP contribution in [0.5, 0.6) is 0 Å². The van der Waals surface area contributed by atoms with Gasteiger partial charge in [0.25, 0.3) is 5.91 Å². The average molecular weight is 469 g/mol. The SMILES string of the molecule is COCCN1C(N2CCN(Cc3ccc(Cl)cc3Cl)CC2)=NC2C1C(=O)NC(=O)N2C. The maximum absolute atomic E-state index is 12.6. The minimum absolute atomic E-state index is 0.320. The Bertz CT molecular complexity index is 890. The highest BCUT2D eigenvalue weighted by atomic mass is 35.5. The fourth-order valence-electron chi connectivity index (χ4n) is 4.20. The number of aliphatic imine (C=N–C) groups is 1. The van der Waals surface area contributed by atoms with E-state index in [2.05, 4.69) is 15.1 Å². The van der Waals surface area contributed by atoms with Gasteiger partial charge in [-0.1, -0.05) is 29.3 Å². The Morgan fingerprint density at radius 3 is 2.61 bits per heavy atom. The smallest absolute Gasteiger partial charge is 0.325 e. The molecule has 1 aromatic carbocycles. The maximum atomic E-state index is 12.6. The van der Waals surface area contributed by atoms with Gasteiger partial charge in [0, 0.05) is 63.5 Å². The van der Waals surface area contributed by atoms with E-state index in [0.29, 0.717) is 23.2 Å². The number of urea groups is 1. The van der Waals surface area contributed by atoms with Gasteiger partial charge >= 0.3 is 6.03 Å². The Morgan fingerprint density at radius 2 is 1.94 bits per heavy atom. The van der Waals surface area contributed by atoms with Gasteiger partial charge < -0.3 is 19.4 Å². The molecule has 0 aliphatic carbocycles. The summed E-state index contributed by atoms with van der Waals surface area (Å²) in [7, 11) is 3.29. The number of carbonyl (C=O) groups excluding carboxylic acids is 2. The molecule has 1 aromatic rings. The number of hydrogen-bond donors (Lipinski definition) is 1. The van der Waals surface area contributed by atoms with E-state index in [1.54, 1.807) is 20.2 Å². The summed E-state index contributed by atoms with van der Waals surface area (Å²) in [5.41, 5.74) is 1.04. The van der Waals surface area contributed by atoms with Crippen LogP contribution in [0.4, 0.5) is 4.79 Å². The first-order chi connectivity index (χ1) is 14.9. The first-order valence-corrected chi connectivity index (χ1v) is 11.0. The van der Waals surface area contributed by atoms with Gasteiger partial charge in [0.2, 0.25) is 0 Å². The molecule has 2 unspecified atom stereocenters. The highest BCUT2D eigenvalue weighted by Crippen LogP contribution is 2.27. The van der Waals surface area contributed by atoms with Crippen LogP contribution in [-0.2, 0) is 16.1 Å². The molecule has 2 fully saturated rings. The lowest BCUT2D eigenvalue weighted by atomic mass is 10.1. The highest BCUT2D eigenvalue weighted by molar-refractivity contribution is 6.35. The monoisotopic (exact) mass is 468 g/mol. The molecule has 9 nitrogen and oxygen atoms in total. The molecule has 0 aromatic heterocycles. The fraction of sp³-hybridized carbons (Fsp3) is 0.550. The number of imide groups is 1. The maximum Gasteiger partial charge on any atom is 0.325 e. The number of fused-ring (bicyclic) bond motifs is 1. The summed E-state index contributed by atoms with van der Waals surface area (Å²) in [6.07, 6.45) is -0.529.